The van der Waals surface area contributed by atoms with Gasteiger partial charge in [0.05, 0.1) is 7.11 Å². The number of aliphatic hydroxyl groups is 1. The van der Waals surface area contributed by atoms with E-state index in [4.69, 9.17) is 0 Å². The highest BCUT2D eigenvalue weighted by Crippen LogP contribution is 2.35. The molecule has 1 aliphatic carbocycles. The number of piperidine rings is 1. The largest absolute Gasteiger partial charge is 0.467 e. The molecule has 0 amide bonds. The predicted molar refractivity (Wildman–Crippen MR) is 69.2 cm³/mol. The Morgan fingerprint density at radius 3 is 2.72 bits per heavy atom. The van der Waals surface area contributed by atoms with Crippen LogP contribution < -0.4 is 0 Å². The van der Waals surface area contributed by atoms with Gasteiger partial charge in [0, 0.05) is 12.6 Å². The zero-order chi connectivity index (χ0) is 13.2. The van der Waals surface area contributed by atoms with Gasteiger partial charge in [-0.2, -0.15) is 0 Å². The Hall–Kier alpha value is -0.610. The number of carbonyl (C=O) groups is 1. The van der Waals surface area contributed by atoms with Crippen LogP contribution in [0.1, 0.15) is 45.4 Å². The van der Waals surface area contributed by atoms with Gasteiger partial charge in [-0.25, -0.2) is 4.79 Å². The Labute approximate surface area is 109 Å². The number of β-amino-alcohol motifs (C(OH)–C–C–N with tert-alkyl or cyclic N) is 1. The predicted octanol–water partition coefficient (Wildman–Crippen LogP) is 1.56. The van der Waals surface area contributed by atoms with Crippen molar-refractivity contribution in [1.29, 1.82) is 0 Å². The summed E-state index contributed by atoms with van der Waals surface area (Å²) in [5, 5.41) is 10.2. The van der Waals surface area contributed by atoms with Crippen LogP contribution in [0.3, 0.4) is 0 Å². The number of hydrogen-bond acceptors (Lipinski definition) is 4. The van der Waals surface area contributed by atoms with Crippen LogP contribution in [0.2, 0.25) is 0 Å². The van der Waals surface area contributed by atoms with E-state index < -0.39 is 11.6 Å². The molecule has 1 aliphatic heterocycles. The van der Waals surface area contributed by atoms with Gasteiger partial charge in [0.1, 0.15) is 0 Å². The van der Waals surface area contributed by atoms with Crippen LogP contribution in [0.25, 0.3) is 0 Å². The van der Waals surface area contributed by atoms with Gasteiger partial charge in [-0.05, 0) is 45.1 Å². The number of hydrogen-bond donors (Lipinski definition) is 1. The molecule has 1 heterocycles. The molecule has 1 saturated heterocycles. The minimum Gasteiger partial charge on any atom is -0.467 e. The van der Waals surface area contributed by atoms with Gasteiger partial charge < -0.3 is 9.84 Å². The average molecular weight is 255 g/mol. The Kier molecular flexibility index (Phi) is 4.28. The average Bonchev–Trinajstić information content (AvgIpc) is 2.38. The number of ether oxygens (including phenoxy) is 1. The second-order valence-corrected chi connectivity index (χ2v) is 5.99. The molecule has 1 saturated carbocycles. The van der Waals surface area contributed by atoms with E-state index in [0.717, 1.165) is 12.5 Å². The number of fused-ring (bicyclic) bond motifs is 1. The van der Waals surface area contributed by atoms with Gasteiger partial charge in [0.2, 0.25) is 0 Å². The molecule has 1 unspecified atom stereocenters. The molecule has 3 atom stereocenters. The van der Waals surface area contributed by atoms with Crippen molar-refractivity contribution < 1.29 is 14.6 Å². The fourth-order valence-corrected chi connectivity index (χ4v) is 3.60. The second-order valence-electron chi connectivity index (χ2n) is 5.99. The molecule has 2 aliphatic rings. The van der Waals surface area contributed by atoms with Crippen LogP contribution in [0, 0.1) is 5.92 Å². The monoisotopic (exact) mass is 255 g/mol. The topological polar surface area (TPSA) is 49.8 Å². The maximum Gasteiger partial charge on any atom is 0.338 e. The number of nitrogens with zero attached hydrogens (tertiary/aromatic N) is 1. The zero-order valence-corrected chi connectivity index (χ0v) is 11.5. The molecule has 104 valence electrons. The highest BCUT2D eigenvalue weighted by atomic mass is 16.5. The fraction of sp³-hybridized carbons (Fsp3) is 0.929. The molecule has 4 heteroatoms. The fourth-order valence-electron chi connectivity index (χ4n) is 3.60. The van der Waals surface area contributed by atoms with Gasteiger partial charge in [0.15, 0.2) is 5.60 Å². The van der Waals surface area contributed by atoms with Crippen molar-refractivity contribution in [2.24, 2.45) is 5.92 Å². The summed E-state index contributed by atoms with van der Waals surface area (Å²) in [5.41, 5.74) is -1.38. The van der Waals surface area contributed by atoms with E-state index in [0.29, 0.717) is 12.6 Å². The van der Waals surface area contributed by atoms with E-state index in [2.05, 4.69) is 9.64 Å². The Balaban J connectivity index is 2.01. The molecule has 0 bridgehead atoms. The number of rotatable bonds is 3. The van der Waals surface area contributed by atoms with E-state index in [1.165, 1.54) is 45.6 Å². The van der Waals surface area contributed by atoms with Crippen LogP contribution in [-0.4, -0.2) is 47.8 Å². The molecule has 0 aromatic carbocycles. The molecule has 0 spiro atoms. The number of methoxy groups -OCH3 is 1. The SMILES string of the molecule is COC(=O)C(C)(O)CN1CCC[C@H]2CCCC[C@H]21. The van der Waals surface area contributed by atoms with Crippen molar-refractivity contribution in [2.75, 3.05) is 20.2 Å². The summed E-state index contributed by atoms with van der Waals surface area (Å²) < 4.78 is 4.68. The first-order valence-corrected chi connectivity index (χ1v) is 7.09. The van der Waals surface area contributed by atoms with Crippen molar-refractivity contribution in [3.05, 3.63) is 0 Å². The quantitative estimate of drug-likeness (QED) is 0.778. The van der Waals surface area contributed by atoms with Crippen LogP contribution in [0.4, 0.5) is 0 Å². The van der Waals surface area contributed by atoms with Crippen molar-refractivity contribution in [3.8, 4) is 0 Å². The van der Waals surface area contributed by atoms with Gasteiger partial charge in [-0.1, -0.05) is 12.8 Å². The molecule has 0 radical (unpaired) electrons. The Morgan fingerprint density at radius 2 is 2.00 bits per heavy atom. The van der Waals surface area contributed by atoms with Gasteiger partial charge in [0.25, 0.3) is 0 Å². The summed E-state index contributed by atoms with van der Waals surface area (Å²) in [6.07, 6.45) is 7.61. The van der Waals surface area contributed by atoms with Crippen LogP contribution in [0.15, 0.2) is 0 Å². The summed E-state index contributed by atoms with van der Waals surface area (Å²) in [7, 11) is 1.33. The van der Waals surface area contributed by atoms with E-state index in [1.807, 2.05) is 0 Å². The second kappa shape index (κ2) is 5.57. The zero-order valence-electron chi connectivity index (χ0n) is 11.5. The highest BCUT2D eigenvalue weighted by molar-refractivity contribution is 5.78. The minimum absolute atomic E-state index is 0.404. The maximum absolute atomic E-state index is 11.6. The molecule has 0 aromatic rings. The van der Waals surface area contributed by atoms with Crippen molar-refractivity contribution >= 4 is 5.97 Å². The third-order valence-corrected chi connectivity index (χ3v) is 4.49. The molecule has 4 nitrogen and oxygen atoms in total. The summed E-state index contributed by atoms with van der Waals surface area (Å²) in [6, 6.07) is 0.559. The number of likely N-dealkylation sites (tertiary alicyclic amines) is 1. The molecular weight excluding hydrogens is 230 g/mol. The first-order valence-electron chi connectivity index (χ1n) is 7.09. The van der Waals surface area contributed by atoms with Crippen molar-refractivity contribution in [1.82, 2.24) is 4.90 Å². The lowest BCUT2D eigenvalue weighted by molar-refractivity contribution is -0.164. The standard InChI is InChI=1S/C14H25NO3/c1-14(17,13(16)18-2)10-15-9-5-7-11-6-3-4-8-12(11)15/h11-12,17H,3-10H2,1-2H3/t11-,12-,14?/m1/s1. The number of esters is 1. The molecule has 18 heavy (non-hydrogen) atoms. The minimum atomic E-state index is -1.38. The molecule has 0 aromatic heterocycles. The highest BCUT2D eigenvalue weighted by Gasteiger charge is 2.39. The first kappa shape index (κ1) is 13.8. The van der Waals surface area contributed by atoms with Gasteiger partial charge in [-0.3, -0.25) is 4.90 Å². The van der Waals surface area contributed by atoms with Crippen LogP contribution in [-0.2, 0) is 9.53 Å². The normalized spacial score (nSPS) is 32.4. The van der Waals surface area contributed by atoms with Crippen molar-refractivity contribution in [3.63, 3.8) is 0 Å². The Bertz CT molecular complexity index is 301. The first-order chi connectivity index (χ1) is 8.54. The third-order valence-electron chi connectivity index (χ3n) is 4.49. The summed E-state index contributed by atoms with van der Waals surface area (Å²) in [4.78, 5) is 13.9. The van der Waals surface area contributed by atoms with E-state index in [1.54, 1.807) is 6.92 Å². The maximum atomic E-state index is 11.6. The molecule has 2 rings (SSSR count). The van der Waals surface area contributed by atoms with Crippen LogP contribution in [0.5, 0.6) is 0 Å². The summed E-state index contributed by atoms with van der Waals surface area (Å²) >= 11 is 0. The van der Waals surface area contributed by atoms with Crippen LogP contribution >= 0.6 is 0 Å². The van der Waals surface area contributed by atoms with Gasteiger partial charge >= 0.3 is 5.97 Å². The van der Waals surface area contributed by atoms with Crippen molar-refractivity contribution in [2.45, 2.75) is 57.1 Å². The van der Waals surface area contributed by atoms with E-state index in [-0.39, 0.29) is 0 Å². The smallest absolute Gasteiger partial charge is 0.338 e. The van der Waals surface area contributed by atoms with E-state index >= 15 is 0 Å². The molecule has 2 fully saturated rings. The molecular formula is C14H25NO3. The summed E-state index contributed by atoms with van der Waals surface area (Å²) in [5.74, 6) is 0.237. The Morgan fingerprint density at radius 1 is 1.33 bits per heavy atom. The summed E-state index contributed by atoms with van der Waals surface area (Å²) in [6.45, 7) is 2.96. The van der Waals surface area contributed by atoms with E-state index in [9.17, 15) is 9.90 Å². The lowest BCUT2D eigenvalue weighted by atomic mass is 9.78. The lowest BCUT2D eigenvalue weighted by Crippen LogP contribution is -2.55. The molecule has 1 N–H and O–H groups in total. The third kappa shape index (κ3) is 2.86. The lowest BCUT2D eigenvalue weighted by Gasteiger charge is -2.45. The van der Waals surface area contributed by atoms with Gasteiger partial charge in [-0.15, -0.1) is 0 Å². The number of carbonyl (C=O) groups excluding carboxylic acids is 1.